The van der Waals surface area contributed by atoms with Crippen molar-refractivity contribution in [1.29, 1.82) is 0 Å². The third-order valence-corrected chi connectivity index (χ3v) is 3.74. The standard InChI is InChI=1S/C14H18ClN3O/c1-10(15)13-17-12-6-4-7-16-14(12)18(13)9-11-5-2-3-8-19-11/h4,6-7,10-11H,2-3,5,8-9H2,1H3. The van der Waals surface area contributed by atoms with E-state index in [9.17, 15) is 0 Å². The van der Waals surface area contributed by atoms with Crippen molar-refractivity contribution in [2.24, 2.45) is 0 Å². The number of fused-ring (bicyclic) bond motifs is 1. The molecule has 1 fully saturated rings. The van der Waals surface area contributed by atoms with Gasteiger partial charge in [-0.25, -0.2) is 9.97 Å². The van der Waals surface area contributed by atoms with Gasteiger partial charge in [0.1, 0.15) is 11.3 Å². The lowest BCUT2D eigenvalue weighted by Gasteiger charge is -2.24. The van der Waals surface area contributed by atoms with Crippen LogP contribution in [-0.4, -0.2) is 27.2 Å². The summed E-state index contributed by atoms with van der Waals surface area (Å²) in [6.45, 7) is 3.59. The number of hydrogen-bond acceptors (Lipinski definition) is 3. The molecule has 2 aromatic rings. The quantitative estimate of drug-likeness (QED) is 0.810. The molecule has 3 rings (SSSR count). The first-order chi connectivity index (χ1) is 9.25. The highest BCUT2D eigenvalue weighted by atomic mass is 35.5. The van der Waals surface area contributed by atoms with Crippen molar-refractivity contribution in [2.75, 3.05) is 6.61 Å². The van der Waals surface area contributed by atoms with Crippen molar-refractivity contribution in [3.8, 4) is 0 Å². The molecule has 3 heterocycles. The Hall–Kier alpha value is -1.13. The Morgan fingerprint density at radius 1 is 1.53 bits per heavy atom. The molecule has 2 aromatic heterocycles. The molecule has 2 atom stereocenters. The first-order valence-corrected chi connectivity index (χ1v) is 7.26. The molecule has 0 bridgehead atoms. The molecule has 0 amide bonds. The van der Waals surface area contributed by atoms with Crippen LogP contribution in [0.3, 0.4) is 0 Å². The van der Waals surface area contributed by atoms with E-state index in [0.29, 0.717) is 0 Å². The van der Waals surface area contributed by atoms with Gasteiger partial charge in [0.2, 0.25) is 0 Å². The monoisotopic (exact) mass is 279 g/mol. The Morgan fingerprint density at radius 3 is 3.16 bits per heavy atom. The lowest BCUT2D eigenvalue weighted by atomic mass is 10.1. The van der Waals surface area contributed by atoms with Crippen molar-refractivity contribution in [3.05, 3.63) is 24.2 Å². The largest absolute Gasteiger partial charge is 0.376 e. The Bertz CT molecular complexity index is 561. The summed E-state index contributed by atoms with van der Waals surface area (Å²) < 4.78 is 7.93. The number of hydrogen-bond donors (Lipinski definition) is 0. The van der Waals surface area contributed by atoms with E-state index in [1.165, 1.54) is 6.42 Å². The van der Waals surface area contributed by atoms with Crippen molar-refractivity contribution >= 4 is 22.8 Å². The molecule has 4 nitrogen and oxygen atoms in total. The van der Waals surface area contributed by atoms with Gasteiger partial charge in [-0.2, -0.15) is 0 Å². The van der Waals surface area contributed by atoms with E-state index < -0.39 is 0 Å². The zero-order valence-corrected chi connectivity index (χ0v) is 11.8. The maximum absolute atomic E-state index is 6.25. The number of aromatic nitrogens is 3. The highest BCUT2D eigenvalue weighted by Crippen LogP contribution is 2.25. The fourth-order valence-corrected chi connectivity index (χ4v) is 2.78. The molecule has 1 saturated heterocycles. The Morgan fingerprint density at radius 2 is 2.42 bits per heavy atom. The first-order valence-electron chi connectivity index (χ1n) is 6.82. The zero-order valence-electron chi connectivity index (χ0n) is 11.1. The predicted molar refractivity (Wildman–Crippen MR) is 75.4 cm³/mol. The van der Waals surface area contributed by atoms with Gasteiger partial charge in [-0.15, -0.1) is 11.6 Å². The molecular weight excluding hydrogens is 262 g/mol. The van der Waals surface area contributed by atoms with Gasteiger partial charge in [0.05, 0.1) is 18.0 Å². The topological polar surface area (TPSA) is 39.9 Å². The normalized spacial score (nSPS) is 21.7. The van der Waals surface area contributed by atoms with Crippen LogP contribution in [0.1, 0.15) is 37.4 Å². The smallest absolute Gasteiger partial charge is 0.160 e. The molecule has 1 aliphatic heterocycles. The van der Waals surface area contributed by atoms with Gasteiger partial charge in [0.15, 0.2) is 5.65 Å². The number of halogens is 1. The maximum atomic E-state index is 6.25. The highest BCUT2D eigenvalue weighted by molar-refractivity contribution is 6.20. The van der Waals surface area contributed by atoms with Gasteiger partial charge in [-0.1, -0.05) is 0 Å². The number of imidazole rings is 1. The summed E-state index contributed by atoms with van der Waals surface area (Å²) in [6.07, 6.45) is 5.55. The molecule has 1 aliphatic rings. The average Bonchev–Trinajstić information content (AvgIpc) is 2.79. The maximum Gasteiger partial charge on any atom is 0.160 e. The number of ether oxygens (including phenoxy) is 1. The molecule has 102 valence electrons. The van der Waals surface area contributed by atoms with Crippen LogP contribution in [0, 0.1) is 0 Å². The van der Waals surface area contributed by atoms with Crippen molar-refractivity contribution < 1.29 is 4.74 Å². The van der Waals surface area contributed by atoms with Crippen molar-refractivity contribution in [1.82, 2.24) is 14.5 Å². The molecule has 0 aromatic carbocycles. The van der Waals surface area contributed by atoms with Gasteiger partial charge in [-0.3, -0.25) is 0 Å². The minimum atomic E-state index is -0.127. The second-order valence-electron chi connectivity index (χ2n) is 5.03. The predicted octanol–water partition coefficient (Wildman–Crippen LogP) is 3.30. The number of pyridine rings is 1. The Balaban J connectivity index is 1.97. The van der Waals surface area contributed by atoms with E-state index in [-0.39, 0.29) is 11.5 Å². The average molecular weight is 280 g/mol. The van der Waals surface area contributed by atoms with Crippen LogP contribution in [0.5, 0.6) is 0 Å². The summed E-state index contributed by atoms with van der Waals surface area (Å²) in [5.41, 5.74) is 1.81. The van der Waals surface area contributed by atoms with E-state index in [2.05, 4.69) is 14.5 Å². The molecule has 0 spiro atoms. The third kappa shape index (κ3) is 2.60. The molecule has 0 N–H and O–H groups in total. The SMILES string of the molecule is CC(Cl)c1nc2cccnc2n1CC1CCCCO1. The van der Waals surface area contributed by atoms with Crippen LogP contribution in [0.4, 0.5) is 0 Å². The van der Waals surface area contributed by atoms with Gasteiger partial charge in [0.25, 0.3) is 0 Å². The van der Waals surface area contributed by atoms with E-state index in [0.717, 1.165) is 43.0 Å². The van der Waals surface area contributed by atoms with Gasteiger partial charge < -0.3 is 9.30 Å². The van der Waals surface area contributed by atoms with E-state index in [1.807, 2.05) is 19.1 Å². The lowest BCUT2D eigenvalue weighted by molar-refractivity contribution is 0.00610. The van der Waals surface area contributed by atoms with E-state index in [1.54, 1.807) is 6.20 Å². The molecular formula is C14H18ClN3O. The van der Waals surface area contributed by atoms with Crippen LogP contribution >= 0.6 is 11.6 Å². The minimum Gasteiger partial charge on any atom is -0.376 e. The van der Waals surface area contributed by atoms with Crippen LogP contribution in [0.2, 0.25) is 0 Å². The second kappa shape index (κ2) is 5.47. The van der Waals surface area contributed by atoms with Crippen molar-refractivity contribution in [3.63, 3.8) is 0 Å². The second-order valence-corrected chi connectivity index (χ2v) is 5.69. The first kappa shape index (κ1) is 12.9. The van der Waals surface area contributed by atoms with Crippen LogP contribution in [0.15, 0.2) is 18.3 Å². The highest BCUT2D eigenvalue weighted by Gasteiger charge is 2.20. The summed E-state index contributed by atoms with van der Waals surface area (Å²) in [7, 11) is 0. The van der Waals surface area contributed by atoms with E-state index >= 15 is 0 Å². The lowest BCUT2D eigenvalue weighted by Crippen LogP contribution is -2.25. The summed E-state index contributed by atoms with van der Waals surface area (Å²) in [5, 5.41) is -0.127. The molecule has 5 heteroatoms. The summed E-state index contributed by atoms with van der Waals surface area (Å²) in [6, 6.07) is 3.88. The van der Waals surface area contributed by atoms with Gasteiger partial charge >= 0.3 is 0 Å². The molecule has 2 unspecified atom stereocenters. The third-order valence-electron chi connectivity index (χ3n) is 3.55. The van der Waals surface area contributed by atoms with E-state index in [4.69, 9.17) is 16.3 Å². The van der Waals surface area contributed by atoms with Crippen LogP contribution in [-0.2, 0) is 11.3 Å². The molecule has 0 aliphatic carbocycles. The van der Waals surface area contributed by atoms with Gasteiger partial charge in [-0.05, 0) is 38.3 Å². The molecule has 0 radical (unpaired) electrons. The van der Waals surface area contributed by atoms with Crippen LogP contribution < -0.4 is 0 Å². The fraction of sp³-hybridized carbons (Fsp3) is 0.571. The summed E-state index contributed by atoms with van der Waals surface area (Å²) in [5.74, 6) is 0.879. The number of nitrogens with zero attached hydrogens (tertiary/aromatic N) is 3. The minimum absolute atomic E-state index is 0.127. The van der Waals surface area contributed by atoms with Gasteiger partial charge in [0, 0.05) is 12.8 Å². The zero-order chi connectivity index (χ0) is 13.2. The molecule has 0 saturated carbocycles. The molecule has 19 heavy (non-hydrogen) atoms. The summed E-state index contributed by atoms with van der Waals surface area (Å²) >= 11 is 6.25. The van der Waals surface area contributed by atoms with Crippen LogP contribution in [0.25, 0.3) is 11.2 Å². The van der Waals surface area contributed by atoms with Crippen molar-refractivity contribution in [2.45, 2.75) is 44.2 Å². The number of rotatable bonds is 3. The fourth-order valence-electron chi connectivity index (χ4n) is 2.61. The summed E-state index contributed by atoms with van der Waals surface area (Å²) in [4.78, 5) is 9.03. The Labute approximate surface area is 117 Å². The number of alkyl halides is 1. The Kier molecular flexibility index (Phi) is 3.71.